The fourth-order valence-corrected chi connectivity index (χ4v) is 3.48. The molecule has 0 saturated carbocycles. The first-order valence-electron chi connectivity index (χ1n) is 9.60. The highest BCUT2D eigenvalue weighted by Crippen LogP contribution is 2.24. The summed E-state index contributed by atoms with van der Waals surface area (Å²) in [6.07, 6.45) is 1.59. The molecule has 0 unspecified atom stereocenters. The van der Waals surface area contributed by atoms with E-state index in [0.29, 0.717) is 13.1 Å². The van der Waals surface area contributed by atoms with Crippen LogP contribution in [0.1, 0.15) is 32.3 Å². The zero-order valence-corrected chi connectivity index (χ0v) is 19.5. The third kappa shape index (κ3) is 8.44. The molecule has 0 bridgehead atoms. The average Bonchev–Trinajstić information content (AvgIpc) is 2.66. The number of carbonyl (C=O) groups excluding carboxylic acids is 1. The van der Waals surface area contributed by atoms with Crippen molar-refractivity contribution in [1.82, 2.24) is 15.1 Å². The maximum absolute atomic E-state index is 12.4. The molecule has 0 aromatic heterocycles. The summed E-state index contributed by atoms with van der Waals surface area (Å²) in [5, 5.41) is 3.10. The van der Waals surface area contributed by atoms with Crippen LogP contribution in [0.3, 0.4) is 0 Å². The summed E-state index contributed by atoms with van der Waals surface area (Å²) in [6.45, 7) is 11.4. The molecule has 2 rings (SSSR count). The van der Waals surface area contributed by atoms with Gasteiger partial charge in [0.05, 0.1) is 5.41 Å². The van der Waals surface area contributed by atoms with Crippen molar-refractivity contribution in [2.75, 3.05) is 45.8 Å². The van der Waals surface area contributed by atoms with Gasteiger partial charge >= 0.3 is 0 Å². The average molecular weight is 456 g/mol. The van der Waals surface area contributed by atoms with Crippen LogP contribution in [-0.4, -0.2) is 61.5 Å². The monoisotopic (exact) mass is 454 g/mol. The molecule has 164 valence electrons. The van der Waals surface area contributed by atoms with E-state index in [1.807, 2.05) is 13.8 Å². The van der Waals surface area contributed by atoms with E-state index in [-0.39, 0.29) is 43.1 Å². The Morgan fingerprint density at radius 3 is 2.04 bits per heavy atom. The first-order chi connectivity index (χ1) is 12.1. The normalized spacial score (nSPS) is 15.0. The van der Waals surface area contributed by atoms with Gasteiger partial charge in [-0.05, 0) is 18.4 Å². The van der Waals surface area contributed by atoms with Gasteiger partial charge in [0.1, 0.15) is 0 Å². The molecule has 1 saturated heterocycles. The minimum atomic E-state index is -0.394. The molecule has 0 atom stereocenters. The Morgan fingerprint density at radius 1 is 1.00 bits per heavy atom. The van der Waals surface area contributed by atoms with Crippen LogP contribution in [0, 0.1) is 5.41 Å². The van der Waals surface area contributed by atoms with Crippen LogP contribution in [0.5, 0.6) is 0 Å². The topological polar surface area (TPSA) is 61.6 Å². The predicted molar refractivity (Wildman–Crippen MR) is 125 cm³/mol. The highest BCUT2D eigenvalue weighted by Gasteiger charge is 2.33. The van der Waals surface area contributed by atoms with Crippen molar-refractivity contribution in [3.63, 3.8) is 0 Å². The number of hydrogen-bond acceptors (Lipinski definition) is 4. The van der Waals surface area contributed by atoms with Gasteiger partial charge in [-0.2, -0.15) is 0 Å². The zero-order valence-electron chi connectivity index (χ0n) is 17.1. The van der Waals surface area contributed by atoms with E-state index < -0.39 is 5.41 Å². The zero-order chi connectivity index (χ0) is 18.1. The summed E-state index contributed by atoms with van der Waals surface area (Å²) in [6, 6.07) is 10.6. The lowest BCUT2D eigenvalue weighted by atomic mass is 9.81. The number of nitrogens with one attached hydrogen (secondary N) is 1. The van der Waals surface area contributed by atoms with Gasteiger partial charge < -0.3 is 11.1 Å². The molecular weight excluding hydrogens is 419 g/mol. The second kappa shape index (κ2) is 15.3. The Bertz CT molecular complexity index is 513. The Balaban J connectivity index is 0. The van der Waals surface area contributed by atoms with Crippen LogP contribution < -0.4 is 11.1 Å². The maximum atomic E-state index is 12.4. The molecule has 1 heterocycles. The minimum Gasteiger partial charge on any atom is -0.354 e. The lowest BCUT2D eigenvalue weighted by Crippen LogP contribution is -2.50. The van der Waals surface area contributed by atoms with Crippen molar-refractivity contribution in [2.24, 2.45) is 11.1 Å². The molecule has 1 aromatic carbocycles. The standard InChI is InChI=1S/C20H34N4O.3ClH/c1-3-20(4-2,17-21)19(25)22-10-11-23-12-14-24(15-13-23)16-18-8-6-5-7-9-18;;;/h5-9H,3-4,10-17,21H2,1-2H3,(H,22,25);3*1H. The van der Waals surface area contributed by atoms with Gasteiger partial charge in [-0.25, -0.2) is 0 Å². The Morgan fingerprint density at radius 2 is 1.54 bits per heavy atom. The van der Waals surface area contributed by atoms with Crippen molar-refractivity contribution in [2.45, 2.75) is 33.2 Å². The second-order valence-electron chi connectivity index (χ2n) is 7.05. The van der Waals surface area contributed by atoms with Crippen LogP contribution in [0.25, 0.3) is 0 Å². The fraction of sp³-hybridized carbons (Fsp3) is 0.650. The molecule has 1 aliphatic heterocycles. The molecule has 1 aliphatic rings. The smallest absolute Gasteiger partial charge is 0.227 e. The molecule has 3 N–H and O–H groups in total. The van der Waals surface area contributed by atoms with Gasteiger partial charge in [0.2, 0.25) is 5.91 Å². The van der Waals surface area contributed by atoms with Crippen molar-refractivity contribution in [3.8, 4) is 0 Å². The number of benzene rings is 1. The number of amides is 1. The quantitative estimate of drug-likeness (QED) is 0.601. The van der Waals surface area contributed by atoms with Crippen LogP contribution in [0.4, 0.5) is 0 Å². The summed E-state index contributed by atoms with van der Waals surface area (Å²) in [5.41, 5.74) is 6.83. The number of rotatable bonds is 9. The largest absolute Gasteiger partial charge is 0.354 e. The van der Waals surface area contributed by atoms with Gasteiger partial charge in [0.15, 0.2) is 0 Å². The van der Waals surface area contributed by atoms with E-state index in [1.165, 1.54) is 5.56 Å². The van der Waals surface area contributed by atoms with Crippen molar-refractivity contribution in [3.05, 3.63) is 35.9 Å². The molecule has 5 nitrogen and oxygen atoms in total. The minimum absolute atomic E-state index is 0. The van der Waals surface area contributed by atoms with Gasteiger partial charge in [0.25, 0.3) is 0 Å². The number of nitrogens with two attached hydrogens (primary N) is 1. The number of halogens is 3. The third-order valence-electron chi connectivity index (χ3n) is 5.65. The van der Waals surface area contributed by atoms with E-state index in [1.54, 1.807) is 0 Å². The van der Waals surface area contributed by atoms with E-state index >= 15 is 0 Å². The van der Waals surface area contributed by atoms with Gasteiger partial charge in [0, 0.05) is 52.4 Å². The summed E-state index contributed by atoms with van der Waals surface area (Å²) in [4.78, 5) is 17.4. The Kier molecular flexibility index (Phi) is 16.2. The van der Waals surface area contributed by atoms with E-state index in [9.17, 15) is 4.79 Å². The molecular formula is C20H37Cl3N4O. The van der Waals surface area contributed by atoms with Crippen molar-refractivity contribution >= 4 is 43.1 Å². The van der Waals surface area contributed by atoms with Gasteiger partial charge in [-0.15, -0.1) is 37.2 Å². The highest BCUT2D eigenvalue weighted by molar-refractivity contribution is 5.86. The van der Waals surface area contributed by atoms with Gasteiger partial charge in [-0.1, -0.05) is 44.2 Å². The second-order valence-corrected chi connectivity index (χ2v) is 7.05. The summed E-state index contributed by atoms with van der Waals surface area (Å²) >= 11 is 0. The van der Waals surface area contributed by atoms with Crippen LogP contribution >= 0.6 is 37.2 Å². The summed E-state index contributed by atoms with van der Waals surface area (Å²) in [7, 11) is 0. The molecule has 1 fully saturated rings. The summed E-state index contributed by atoms with van der Waals surface area (Å²) < 4.78 is 0. The molecule has 1 aromatic rings. The predicted octanol–water partition coefficient (Wildman–Crippen LogP) is 2.95. The number of nitrogens with zero attached hydrogens (tertiary/aromatic N) is 2. The molecule has 1 amide bonds. The SMILES string of the molecule is CCC(CC)(CN)C(=O)NCCN1CCN(Cc2ccccc2)CC1.Cl.Cl.Cl. The molecule has 28 heavy (non-hydrogen) atoms. The molecule has 0 radical (unpaired) electrons. The summed E-state index contributed by atoms with van der Waals surface area (Å²) in [5.74, 6) is 0.114. The van der Waals surface area contributed by atoms with Crippen molar-refractivity contribution < 1.29 is 4.79 Å². The third-order valence-corrected chi connectivity index (χ3v) is 5.65. The van der Waals surface area contributed by atoms with Crippen LogP contribution in [-0.2, 0) is 11.3 Å². The Hall–Kier alpha value is -0.560. The maximum Gasteiger partial charge on any atom is 0.227 e. The number of hydrogen-bond donors (Lipinski definition) is 2. The first-order valence-corrected chi connectivity index (χ1v) is 9.60. The first kappa shape index (κ1) is 29.6. The van der Waals surface area contributed by atoms with Crippen molar-refractivity contribution in [1.29, 1.82) is 0 Å². The van der Waals surface area contributed by atoms with E-state index in [4.69, 9.17) is 5.73 Å². The fourth-order valence-electron chi connectivity index (χ4n) is 3.48. The Labute approximate surface area is 189 Å². The van der Waals surface area contributed by atoms with Gasteiger partial charge in [-0.3, -0.25) is 14.6 Å². The molecule has 0 spiro atoms. The molecule has 0 aliphatic carbocycles. The van der Waals surface area contributed by atoms with E-state index in [2.05, 4.69) is 45.4 Å². The van der Waals surface area contributed by atoms with E-state index in [0.717, 1.165) is 52.1 Å². The lowest BCUT2D eigenvalue weighted by molar-refractivity contribution is -0.131. The molecule has 8 heteroatoms. The lowest BCUT2D eigenvalue weighted by Gasteiger charge is -2.35. The number of carbonyl (C=O) groups is 1. The number of piperazine rings is 1. The van der Waals surface area contributed by atoms with Crippen LogP contribution in [0.2, 0.25) is 0 Å². The highest BCUT2D eigenvalue weighted by atomic mass is 35.5. The van der Waals surface area contributed by atoms with Crippen LogP contribution in [0.15, 0.2) is 30.3 Å².